The largest absolute Gasteiger partial charge is 0.368 e. The molecule has 1 aromatic rings. The maximum absolute atomic E-state index is 12.4. The summed E-state index contributed by atoms with van der Waals surface area (Å²) in [5.41, 5.74) is 2.61. The monoisotopic (exact) mass is 345 g/mol. The van der Waals surface area contributed by atoms with E-state index in [1.165, 1.54) is 11.3 Å². The molecular formula is C16H25Cl2N3O. The number of carbonyl (C=O) groups is 1. The number of hydrogen-bond donors (Lipinski definition) is 1. The van der Waals surface area contributed by atoms with Crippen LogP contribution in [0.15, 0.2) is 24.3 Å². The maximum atomic E-state index is 12.4. The molecule has 0 unspecified atom stereocenters. The smallest absolute Gasteiger partial charge is 0.239 e. The molecule has 2 fully saturated rings. The number of nitrogens with one attached hydrogen (secondary N) is 1. The Morgan fingerprint density at radius 3 is 2.41 bits per heavy atom. The van der Waals surface area contributed by atoms with Crippen LogP contribution in [0.25, 0.3) is 0 Å². The normalized spacial score (nSPS) is 21.0. The summed E-state index contributed by atoms with van der Waals surface area (Å²) in [7, 11) is 0. The number of hydrogen-bond acceptors (Lipinski definition) is 3. The van der Waals surface area contributed by atoms with Gasteiger partial charge in [-0.3, -0.25) is 4.79 Å². The van der Waals surface area contributed by atoms with Gasteiger partial charge in [-0.2, -0.15) is 0 Å². The fourth-order valence-corrected chi connectivity index (χ4v) is 3.20. The van der Waals surface area contributed by atoms with Gasteiger partial charge in [0.2, 0.25) is 5.91 Å². The minimum atomic E-state index is 0. The average Bonchev–Trinajstić information content (AvgIpc) is 3.01. The van der Waals surface area contributed by atoms with Gasteiger partial charge < -0.3 is 15.1 Å². The number of piperazine rings is 1. The highest BCUT2D eigenvalue weighted by Crippen LogP contribution is 2.21. The molecule has 0 aliphatic carbocycles. The lowest BCUT2D eigenvalue weighted by Crippen LogP contribution is -2.53. The number of rotatable bonds is 2. The van der Waals surface area contributed by atoms with Gasteiger partial charge in [0.15, 0.2) is 0 Å². The Bertz CT molecular complexity index is 484. The molecule has 1 aromatic carbocycles. The zero-order valence-corrected chi connectivity index (χ0v) is 14.6. The first-order chi connectivity index (χ1) is 9.75. The van der Waals surface area contributed by atoms with Crippen molar-refractivity contribution in [3.8, 4) is 0 Å². The Hall–Kier alpha value is -0.970. The van der Waals surface area contributed by atoms with Crippen molar-refractivity contribution in [1.82, 2.24) is 10.2 Å². The molecule has 1 N–H and O–H groups in total. The number of nitrogens with zero attached hydrogens (tertiary/aromatic N) is 2. The summed E-state index contributed by atoms with van der Waals surface area (Å²) in [4.78, 5) is 16.8. The van der Waals surface area contributed by atoms with Gasteiger partial charge >= 0.3 is 0 Å². The first-order valence-electron chi connectivity index (χ1n) is 7.58. The Morgan fingerprint density at radius 2 is 1.82 bits per heavy atom. The minimum Gasteiger partial charge on any atom is -0.368 e. The Morgan fingerprint density at radius 1 is 1.14 bits per heavy atom. The third kappa shape index (κ3) is 4.06. The summed E-state index contributed by atoms with van der Waals surface area (Å²) in [6.07, 6.45) is 2.12. The number of anilines is 1. The van der Waals surface area contributed by atoms with E-state index < -0.39 is 0 Å². The second kappa shape index (κ2) is 8.61. The molecule has 0 radical (unpaired) electrons. The molecule has 1 amide bonds. The summed E-state index contributed by atoms with van der Waals surface area (Å²) >= 11 is 0. The number of para-hydroxylation sites is 1. The molecule has 3 rings (SSSR count). The van der Waals surface area contributed by atoms with E-state index >= 15 is 0 Å². The lowest BCUT2D eigenvalue weighted by Gasteiger charge is -2.37. The number of benzene rings is 1. The first kappa shape index (κ1) is 19.1. The molecular weight excluding hydrogens is 321 g/mol. The molecule has 2 aliphatic rings. The molecule has 6 heteroatoms. The standard InChI is InChI=1S/C16H23N3O.2ClH/c1-13-5-2-3-7-15(13)18-9-11-19(12-10-18)16(20)14-6-4-8-17-14;;/h2-3,5,7,14,17H,4,6,8-12H2,1H3;2*1H/t14-;;/m0../s1. The Labute approximate surface area is 145 Å². The van der Waals surface area contributed by atoms with Gasteiger partial charge in [0.1, 0.15) is 0 Å². The van der Waals surface area contributed by atoms with Crippen LogP contribution < -0.4 is 10.2 Å². The molecule has 2 saturated heterocycles. The predicted molar refractivity (Wildman–Crippen MR) is 95.5 cm³/mol. The predicted octanol–water partition coefficient (Wildman–Crippen LogP) is 2.24. The minimum absolute atomic E-state index is 0. The van der Waals surface area contributed by atoms with Crippen molar-refractivity contribution in [3.63, 3.8) is 0 Å². The van der Waals surface area contributed by atoms with Crippen molar-refractivity contribution in [1.29, 1.82) is 0 Å². The zero-order chi connectivity index (χ0) is 13.9. The molecule has 0 bridgehead atoms. The highest BCUT2D eigenvalue weighted by Gasteiger charge is 2.29. The molecule has 1 atom stereocenters. The van der Waals surface area contributed by atoms with Crippen LogP contribution in [0.1, 0.15) is 18.4 Å². The van der Waals surface area contributed by atoms with Crippen molar-refractivity contribution < 1.29 is 4.79 Å². The van der Waals surface area contributed by atoms with Crippen LogP contribution in [-0.4, -0.2) is 49.6 Å². The third-order valence-corrected chi connectivity index (χ3v) is 4.41. The molecule has 0 spiro atoms. The third-order valence-electron chi connectivity index (χ3n) is 4.41. The molecule has 2 aliphatic heterocycles. The fourth-order valence-electron chi connectivity index (χ4n) is 3.20. The van der Waals surface area contributed by atoms with E-state index in [0.29, 0.717) is 5.91 Å². The number of amides is 1. The second-order valence-corrected chi connectivity index (χ2v) is 5.75. The highest BCUT2D eigenvalue weighted by molar-refractivity contribution is 5.85. The lowest BCUT2D eigenvalue weighted by molar-refractivity contribution is -0.133. The molecule has 22 heavy (non-hydrogen) atoms. The Kier molecular flexibility index (Phi) is 7.46. The summed E-state index contributed by atoms with van der Waals surface area (Å²) in [5, 5.41) is 3.30. The second-order valence-electron chi connectivity index (χ2n) is 5.75. The fraction of sp³-hybridized carbons (Fsp3) is 0.562. The summed E-state index contributed by atoms with van der Waals surface area (Å²) in [6, 6.07) is 8.55. The number of aryl methyl sites for hydroxylation is 1. The zero-order valence-electron chi connectivity index (χ0n) is 13.0. The topological polar surface area (TPSA) is 35.6 Å². The van der Waals surface area contributed by atoms with Crippen LogP contribution in [0.4, 0.5) is 5.69 Å². The van der Waals surface area contributed by atoms with E-state index in [2.05, 4.69) is 41.4 Å². The van der Waals surface area contributed by atoms with Crippen LogP contribution in [0.2, 0.25) is 0 Å². The highest BCUT2D eigenvalue weighted by atomic mass is 35.5. The van der Waals surface area contributed by atoms with Gasteiger partial charge in [-0.15, -0.1) is 24.8 Å². The van der Waals surface area contributed by atoms with E-state index in [4.69, 9.17) is 0 Å². The van der Waals surface area contributed by atoms with Crippen LogP contribution in [0.3, 0.4) is 0 Å². The quantitative estimate of drug-likeness (QED) is 0.892. The van der Waals surface area contributed by atoms with Gasteiger partial charge in [0, 0.05) is 31.9 Å². The van der Waals surface area contributed by atoms with E-state index in [1.807, 2.05) is 4.90 Å². The van der Waals surface area contributed by atoms with Crippen LogP contribution in [0, 0.1) is 6.92 Å². The molecule has 0 aromatic heterocycles. The van der Waals surface area contributed by atoms with E-state index in [9.17, 15) is 4.79 Å². The van der Waals surface area contributed by atoms with E-state index in [1.54, 1.807) is 0 Å². The number of carbonyl (C=O) groups excluding carboxylic acids is 1. The first-order valence-corrected chi connectivity index (χ1v) is 7.58. The van der Waals surface area contributed by atoms with Crippen molar-refractivity contribution in [2.24, 2.45) is 0 Å². The molecule has 4 nitrogen and oxygen atoms in total. The number of halogens is 2. The summed E-state index contributed by atoms with van der Waals surface area (Å²) < 4.78 is 0. The van der Waals surface area contributed by atoms with Crippen molar-refractivity contribution in [3.05, 3.63) is 29.8 Å². The van der Waals surface area contributed by atoms with Crippen LogP contribution in [0.5, 0.6) is 0 Å². The molecule has 0 saturated carbocycles. The average molecular weight is 346 g/mol. The maximum Gasteiger partial charge on any atom is 0.239 e. The van der Waals surface area contributed by atoms with Crippen molar-refractivity contribution >= 4 is 36.4 Å². The van der Waals surface area contributed by atoms with Crippen LogP contribution >= 0.6 is 24.8 Å². The molecule has 124 valence electrons. The lowest BCUT2D eigenvalue weighted by atomic mass is 10.1. The SMILES string of the molecule is Cc1ccccc1N1CCN(C(=O)[C@@H]2CCCN2)CC1.Cl.Cl. The molecule has 2 heterocycles. The van der Waals surface area contributed by atoms with Gasteiger partial charge in [0.25, 0.3) is 0 Å². The summed E-state index contributed by atoms with van der Waals surface area (Å²) in [6.45, 7) is 6.68. The van der Waals surface area contributed by atoms with Crippen LogP contribution in [-0.2, 0) is 4.79 Å². The summed E-state index contributed by atoms with van der Waals surface area (Å²) in [5.74, 6) is 0.298. The van der Waals surface area contributed by atoms with Crippen molar-refractivity contribution in [2.75, 3.05) is 37.6 Å². The Balaban J connectivity index is 0.00000121. The van der Waals surface area contributed by atoms with Gasteiger partial charge in [0.05, 0.1) is 6.04 Å². The van der Waals surface area contributed by atoms with Crippen molar-refractivity contribution in [2.45, 2.75) is 25.8 Å². The van der Waals surface area contributed by atoms with Gasteiger partial charge in [-0.1, -0.05) is 18.2 Å². The van der Waals surface area contributed by atoms with E-state index in [0.717, 1.165) is 45.6 Å². The van der Waals surface area contributed by atoms with Gasteiger partial charge in [-0.05, 0) is 37.9 Å². The van der Waals surface area contributed by atoms with E-state index in [-0.39, 0.29) is 30.9 Å². The van der Waals surface area contributed by atoms with Gasteiger partial charge in [-0.25, -0.2) is 0 Å².